The van der Waals surface area contributed by atoms with Crippen LogP contribution in [-0.4, -0.2) is 41.9 Å². The number of hydrogen-bond acceptors (Lipinski definition) is 5. The lowest BCUT2D eigenvalue weighted by molar-refractivity contribution is 0.0795. The number of aromatic nitrogens is 1. The van der Waals surface area contributed by atoms with Crippen LogP contribution in [0.4, 0.5) is 5.69 Å². The van der Waals surface area contributed by atoms with Crippen LogP contribution in [0, 0.1) is 6.92 Å². The fourth-order valence-electron chi connectivity index (χ4n) is 3.62. The molecule has 1 atom stereocenters. The highest BCUT2D eigenvalue weighted by molar-refractivity contribution is 7.16. The van der Waals surface area contributed by atoms with Gasteiger partial charge in [-0.2, -0.15) is 0 Å². The summed E-state index contributed by atoms with van der Waals surface area (Å²) < 4.78 is 5.20. The Bertz CT molecular complexity index is 1060. The lowest BCUT2D eigenvalue weighted by Gasteiger charge is -2.15. The molecule has 0 saturated carbocycles. The summed E-state index contributed by atoms with van der Waals surface area (Å²) in [5.41, 5.74) is 2.65. The molecule has 2 aromatic heterocycles. The Labute approximate surface area is 179 Å². The van der Waals surface area contributed by atoms with E-state index in [0.717, 1.165) is 29.1 Å². The van der Waals surface area contributed by atoms with Crippen molar-refractivity contribution in [2.24, 2.45) is 0 Å². The molecule has 0 bridgehead atoms. The minimum atomic E-state index is -0.222. The van der Waals surface area contributed by atoms with Crippen molar-refractivity contribution >= 4 is 28.8 Å². The Morgan fingerprint density at radius 3 is 2.73 bits per heavy atom. The third kappa shape index (κ3) is 4.21. The monoisotopic (exact) mass is 421 g/mol. The van der Waals surface area contributed by atoms with Crippen molar-refractivity contribution in [3.63, 3.8) is 0 Å². The zero-order valence-corrected chi connectivity index (χ0v) is 17.7. The molecule has 0 radical (unpaired) electrons. The minimum absolute atomic E-state index is 0.0295. The number of aryl methyl sites for hydroxylation is 1. The number of amides is 2. The molecule has 1 N–H and O–H groups in total. The van der Waals surface area contributed by atoms with Gasteiger partial charge in [-0.15, -0.1) is 11.3 Å². The van der Waals surface area contributed by atoms with Gasteiger partial charge in [0.2, 0.25) is 0 Å². The second-order valence-electron chi connectivity index (χ2n) is 7.29. The molecule has 1 aliphatic rings. The van der Waals surface area contributed by atoms with Gasteiger partial charge in [0.15, 0.2) is 0 Å². The number of methoxy groups -OCH3 is 1. The first kappa shape index (κ1) is 20.1. The van der Waals surface area contributed by atoms with Crippen molar-refractivity contribution in [3.05, 3.63) is 75.7 Å². The van der Waals surface area contributed by atoms with Crippen LogP contribution in [-0.2, 0) is 0 Å². The highest BCUT2D eigenvalue weighted by Gasteiger charge is 2.29. The normalized spacial score (nSPS) is 15.8. The molecule has 1 aliphatic heterocycles. The smallest absolute Gasteiger partial charge is 0.265 e. The summed E-state index contributed by atoms with van der Waals surface area (Å²) in [6, 6.07) is 14.8. The Kier molecular flexibility index (Phi) is 5.81. The SMILES string of the molecule is COc1ccc(NC(=O)c2ccc(C(=O)N3CCC(c4ccccn4)C3)s2)c(C)c1. The highest BCUT2D eigenvalue weighted by atomic mass is 32.1. The molecular weight excluding hydrogens is 398 g/mol. The van der Waals surface area contributed by atoms with Gasteiger partial charge in [-0.25, -0.2) is 0 Å². The van der Waals surface area contributed by atoms with Crippen LogP contribution < -0.4 is 10.1 Å². The maximum absolute atomic E-state index is 12.9. The molecule has 1 fully saturated rings. The van der Waals surface area contributed by atoms with E-state index in [1.54, 1.807) is 31.5 Å². The van der Waals surface area contributed by atoms with E-state index in [1.165, 1.54) is 11.3 Å². The average molecular weight is 422 g/mol. The molecule has 3 aromatic rings. The third-order valence-corrected chi connectivity index (χ3v) is 6.38. The van der Waals surface area contributed by atoms with Crippen LogP contribution in [0.5, 0.6) is 5.75 Å². The van der Waals surface area contributed by atoms with Gasteiger partial charge in [0, 0.05) is 36.6 Å². The molecule has 0 aliphatic carbocycles. The van der Waals surface area contributed by atoms with Crippen molar-refractivity contribution in [1.82, 2.24) is 9.88 Å². The quantitative estimate of drug-likeness (QED) is 0.665. The maximum atomic E-state index is 12.9. The van der Waals surface area contributed by atoms with E-state index in [2.05, 4.69) is 10.3 Å². The van der Waals surface area contributed by atoms with Crippen LogP contribution in [0.2, 0.25) is 0 Å². The fraction of sp³-hybridized carbons (Fsp3) is 0.261. The number of rotatable bonds is 5. The van der Waals surface area contributed by atoms with Gasteiger partial charge < -0.3 is 15.0 Å². The average Bonchev–Trinajstić information content (AvgIpc) is 3.45. The fourth-order valence-corrected chi connectivity index (χ4v) is 4.49. The van der Waals surface area contributed by atoms with Crippen LogP contribution >= 0.6 is 11.3 Å². The summed E-state index contributed by atoms with van der Waals surface area (Å²) in [6.45, 7) is 3.26. The van der Waals surface area contributed by atoms with E-state index >= 15 is 0 Å². The number of thiophene rings is 1. The minimum Gasteiger partial charge on any atom is -0.497 e. The standard InChI is InChI=1S/C23H23N3O3S/c1-15-13-17(29-2)6-7-18(15)25-22(27)20-8-9-21(30-20)23(28)26-12-10-16(14-26)19-5-3-4-11-24-19/h3-9,11,13,16H,10,12,14H2,1-2H3,(H,25,27). The number of likely N-dealkylation sites (tertiary alicyclic amines) is 1. The molecule has 1 aromatic carbocycles. The summed E-state index contributed by atoms with van der Waals surface area (Å²) in [5, 5.41) is 2.91. The van der Waals surface area contributed by atoms with Gasteiger partial charge in [-0.05, 0) is 61.4 Å². The number of ether oxygens (including phenoxy) is 1. The lowest BCUT2D eigenvalue weighted by Crippen LogP contribution is -2.27. The first-order valence-electron chi connectivity index (χ1n) is 9.81. The number of carbonyl (C=O) groups excluding carboxylic acids is 2. The molecule has 1 saturated heterocycles. The van der Waals surface area contributed by atoms with Gasteiger partial charge in [-0.1, -0.05) is 6.07 Å². The second-order valence-corrected chi connectivity index (χ2v) is 8.37. The van der Waals surface area contributed by atoms with Crippen molar-refractivity contribution < 1.29 is 14.3 Å². The highest BCUT2D eigenvalue weighted by Crippen LogP contribution is 2.29. The predicted octanol–water partition coefficient (Wildman–Crippen LogP) is 4.34. The van der Waals surface area contributed by atoms with Crippen molar-refractivity contribution in [2.75, 3.05) is 25.5 Å². The number of carbonyl (C=O) groups is 2. The van der Waals surface area contributed by atoms with Crippen LogP contribution in [0.1, 0.15) is 42.9 Å². The number of pyridine rings is 1. The lowest BCUT2D eigenvalue weighted by atomic mass is 10.0. The summed E-state index contributed by atoms with van der Waals surface area (Å²) in [7, 11) is 1.61. The molecule has 6 nitrogen and oxygen atoms in total. The maximum Gasteiger partial charge on any atom is 0.265 e. The van der Waals surface area contributed by atoms with E-state index in [9.17, 15) is 9.59 Å². The van der Waals surface area contributed by atoms with E-state index < -0.39 is 0 Å². The molecule has 4 rings (SSSR count). The van der Waals surface area contributed by atoms with Crippen molar-refractivity contribution in [3.8, 4) is 5.75 Å². The largest absolute Gasteiger partial charge is 0.497 e. The van der Waals surface area contributed by atoms with E-state index in [0.29, 0.717) is 22.8 Å². The number of benzene rings is 1. The summed E-state index contributed by atoms with van der Waals surface area (Å²) in [5.74, 6) is 0.748. The first-order valence-corrected chi connectivity index (χ1v) is 10.6. The Morgan fingerprint density at radius 1 is 1.17 bits per heavy atom. The number of nitrogens with one attached hydrogen (secondary N) is 1. The van der Waals surface area contributed by atoms with E-state index in [4.69, 9.17) is 4.74 Å². The van der Waals surface area contributed by atoms with E-state index in [1.807, 2.05) is 42.2 Å². The molecule has 2 amide bonds. The molecule has 3 heterocycles. The van der Waals surface area contributed by atoms with Crippen LogP contribution in [0.25, 0.3) is 0 Å². The van der Waals surface area contributed by atoms with Gasteiger partial charge in [-0.3, -0.25) is 14.6 Å². The molecule has 1 unspecified atom stereocenters. The summed E-state index contributed by atoms with van der Waals surface area (Å²) in [4.78, 5) is 32.9. The Hall–Kier alpha value is -3.19. The molecule has 7 heteroatoms. The first-order chi connectivity index (χ1) is 14.5. The third-order valence-electron chi connectivity index (χ3n) is 5.30. The number of hydrogen-bond donors (Lipinski definition) is 1. The summed E-state index contributed by atoms with van der Waals surface area (Å²) >= 11 is 1.22. The van der Waals surface area contributed by atoms with Crippen LogP contribution in [0.3, 0.4) is 0 Å². The number of anilines is 1. The molecule has 154 valence electrons. The predicted molar refractivity (Wildman–Crippen MR) is 118 cm³/mol. The van der Waals surface area contributed by atoms with Gasteiger partial charge >= 0.3 is 0 Å². The van der Waals surface area contributed by atoms with Gasteiger partial charge in [0.25, 0.3) is 11.8 Å². The van der Waals surface area contributed by atoms with Gasteiger partial charge in [0.1, 0.15) is 5.75 Å². The topological polar surface area (TPSA) is 71.5 Å². The molecular formula is C23H23N3O3S. The second kappa shape index (κ2) is 8.67. The molecule has 0 spiro atoms. The molecule has 30 heavy (non-hydrogen) atoms. The van der Waals surface area contributed by atoms with E-state index in [-0.39, 0.29) is 17.7 Å². The summed E-state index contributed by atoms with van der Waals surface area (Å²) in [6.07, 6.45) is 2.69. The Balaban J connectivity index is 1.41. The number of nitrogens with zero attached hydrogens (tertiary/aromatic N) is 2. The van der Waals surface area contributed by atoms with Crippen LogP contribution in [0.15, 0.2) is 54.7 Å². The zero-order valence-electron chi connectivity index (χ0n) is 16.9. The Morgan fingerprint density at radius 2 is 2.00 bits per heavy atom. The van der Waals surface area contributed by atoms with Gasteiger partial charge in [0.05, 0.1) is 16.9 Å². The van der Waals surface area contributed by atoms with Crippen molar-refractivity contribution in [1.29, 1.82) is 0 Å². The zero-order chi connectivity index (χ0) is 21.1. The van der Waals surface area contributed by atoms with Crippen molar-refractivity contribution in [2.45, 2.75) is 19.3 Å².